The molecule has 2 heterocycles. The molecule has 40 heavy (non-hydrogen) atoms. The maximum Gasteiger partial charge on any atom is 0.254 e. The SMILES string of the molecule is CN(C)c1ccc(C(=O)N[C@@H](Cc2ccc(O)cc2)C(=O)N2CC[C@@H]3[C@H]2C(=O)CN3C(=O)c2ccccc2)cc1. The van der Waals surface area contributed by atoms with E-state index in [4.69, 9.17) is 0 Å². The van der Waals surface area contributed by atoms with Gasteiger partial charge in [-0.15, -0.1) is 0 Å². The molecule has 0 spiro atoms. The summed E-state index contributed by atoms with van der Waals surface area (Å²) in [4.78, 5) is 58.5. The van der Waals surface area contributed by atoms with E-state index in [0.717, 1.165) is 11.3 Å². The molecular weight excluding hydrogens is 508 g/mol. The minimum Gasteiger partial charge on any atom is -0.508 e. The van der Waals surface area contributed by atoms with Crippen LogP contribution in [0, 0.1) is 0 Å². The molecule has 3 aromatic rings. The predicted octanol–water partition coefficient (Wildman–Crippen LogP) is 2.49. The van der Waals surface area contributed by atoms with Gasteiger partial charge in [-0.05, 0) is 60.5 Å². The maximum absolute atomic E-state index is 14.0. The summed E-state index contributed by atoms with van der Waals surface area (Å²) in [5, 5.41) is 12.6. The quantitative estimate of drug-likeness (QED) is 0.477. The van der Waals surface area contributed by atoms with Gasteiger partial charge in [0.15, 0.2) is 5.78 Å². The largest absolute Gasteiger partial charge is 0.508 e. The van der Waals surface area contributed by atoms with E-state index in [1.807, 2.05) is 37.2 Å². The average molecular weight is 541 g/mol. The fourth-order valence-corrected chi connectivity index (χ4v) is 5.51. The van der Waals surface area contributed by atoms with Crippen molar-refractivity contribution in [1.82, 2.24) is 15.1 Å². The van der Waals surface area contributed by atoms with Crippen LogP contribution in [0.5, 0.6) is 5.75 Å². The average Bonchev–Trinajstić information content (AvgIpc) is 3.54. The van der Waals surface area contributed by atoms with Gasteiger partial charge in [0.05, 0.1) is 12.6 Å². The van der Waals surface area contributed by atoms with Crippen molar-refractivity contribution in [3.8, 4) is 5.75 Å². The number of hydrogen-bond donors (Lipinski definition) is 2. The topological polar surface area (TPSA) is 110 Å². The lowest BCUT2D eigenvalue weighted by Gasteiger charge is -2.28. The van der Waals surface area contributed by atoms with Crippen molar-refractivity contribution in [3.63, 3.8) is 0 Å². The van der Waals surface area contributed by atoms with Crippen molar-refractivity contribution < 1.29 is 24.3 Å². The molecule has 5 rings (SSSR count). The Morgan fingerprint density at radius 3 is 2.25 bits per heavy atom. The number of nitrogens with one attached hydrogen (secondary N) is 1. The number of aromatic hydroxyl groups is 1. The van der Waals surface area contributed by atoms with Crippen molar-refractivity contribution in [2.75, 3.05) is 32.1 Å². The summed E-state index contributed by atoms with van der Waals surface area (Å²) in [6.07, 6.45) is 0.655. The van der Waals surface area contributed by atoms with E-state index in [9.17, 15) is 24.3 Å². The first-order valence-corrected chi connectivity index (χ1v) is 13.3. The zero-order valence-corrected chi connectivity index (χ0v) is 22.5. The molecule has 9 heteroatoms. The second kappa shape index (κ2) is 11.2. The summed E-state index contributed by atoms with van der Waals surface area (Å²) in [5.41, 5.74) is 2.59. The van der Waals surface area contributed by atoms with Crippen LogP contribution in [0.2, 0.25) is 0 Å². The van der Waals surface area contributed by atoms with Gasteiger partial charge in [-0.2, -0.15) is 0 Å². The molecule has 0 bridgehead atoms. The minimum atomic E-state index is -0.948. The maximum atomic E-state index is 14.0. The number of nitrogens with zero attached hydrogens (tertiary/aromatic N) is 3. The Balaban J connectivity index is 1.37. The van der Waals surface area contributed by atoms with Crippen LogP contribution in [0.25, 0.3) is 0 Å². The monoisotopic (exact) mass is 540 g/mol. The predicted molar refractivity (Wildman–Crippen MR) is 150 cm³/mol. The number of carbonyl (C=O) groups is 4. The number of ketones is 1. The molecule has 0 aliphatic carbocycles. The molecule has 0 radical (unpaired) electrons. The number of fused-ring (bicyclic) bond motifs is 1. The van der Waals surface area contributed by atoms with E-state index in [1.165, 1.54) is 17.0 Å². The van der Waals surface area contributed by atoms with Crippen molar-refractivity contribution in [2.45, 2.75) is 31.0 Å². The van der Waals surface area contributed by atoms with Crippen LogP contribution in [0.3, 0.4) is 0 Å². The van der Waals surface area contributed by atoms with Crippen molar-refractivity contribution in [3.05, 3.63) is 95.6 Å². The summed E-state index contributed by atoms with van der Waals surface area (Å²) in [5.74, 6) is -1.10. The highest BCUT2D eigenvalue weighted by Gasteiger charge is 2.52. The van der Waals surface area contributed by atoms with E-state index in [-0.39, 0.29) is 36.3 Å². The third-order valence-electron chi connectivity index (χ3n) is 7.61. The Kier molecular flexibility index (Phi) is 7.55. The number of carbonyl (C=O) groups excluding carboxylic acids is 4. The van der Waals surface area contributed by atoms with Gasteiger partial charge < -0.3 is 25.1 Å². The van der Waals surface area contributed by atoms with Crippen LogP contribution in [0.4, 0.5) is 5.69 Å². The molecule has 0 saturated carbocycles. The lowest BCUT2D eigenvalue weighted by atomic mass is 10.0. The lowest BCUT2D eigenvalue weighted by molar-refractivity contribution is -0.138. The summed E-state index contributed by atoms with van der Waals surface area (Å²) in [6.45, 7) is 0.248. The number of rotatable bonds is 7. The third kappa shape index (κ3) is 5.40. The normalized spacial score (nSPS) is 18.8. The minimum absolute atomic E-state index is 0.0555. The summed E-state index contributed by atoms with van der Waals surface area (Å²) in [6, 6.07) is 20.2. The Hall–Kier alpha value is -4.66. The van der Waals surface area contributed by atoms with Crippen molar-refractivity contribution in [2.24, 2.45) is 0 Å². The third-order valence-corrected chi connectivity index (χ3v) is 7.61. The van der Waals surface area contributed by atoms with Gasteiger partial charge in [-0.1, -0.05) is 30.3 Å². The fourth-order valence-electron chi connectivity index (χ4n) is 5.51. The second-order valence-electron chi connectivity index (χ2n) is 10.4. The van der Waals surface area contributed by atoms with Crippen molar-refractivity contribution in [1.29, 1.82) is 0 Å². The number of amides is 3. The Bertz CT molecular complexity index is 1410. The molecule has 2 N–H and O–H groups in total. The second-order valence-corrected chi connectivity index (χ2v) is 10.4. The first kappa shape index (κ1) is 26.9. The van der Waals surface area contributed by atoms with Crippen LogP contribution < -0.4 is 10.2 Å². The highest BCUT2D eigenvalue weighted by Crippen LogP contribution is 2.31. The number of benzene rings is 3. The van der Waals surface area contributed by atoms with Crippen LogP contribution in [0.15, 0.2) is 78.9 Å². The van der Waals surface area contributed by atoms with E-state index >= 15 is 0 Å². The van der Waals surface area contributed by atoms with Crippen LogP contribution >= 0.6 is 0 Å². The van der Waals surface area contributed by atoms with Crippen LogP contribution in [-0.4, -0.2) is 83.7 Å². The molecule has 2 saturated heterocycles. The van der Waals surface area contributed by atoms with E-state index in [1.54, 1.807) is 53.4 Å². The highest BCUT2D eigenvalue weighted by molar-refractivity contribution is 6.03. The van der Waals surface area contributed by atoms with Gasteiger partial charge in [0, 0.05) is 43.9 Å². The van der Waals surface area contributed by atoms with Crippen LogP contribution in [0.1, 0.15) is 32.7 Å². The fraction of sp³-hybridized carbons (Fsp3) is 0.290. The number of hydrogen-bond acceptors (Lipinski definition) is 6. The summed E-state index contributed by atoms with van der Waals surface area (Å²) in [7, 11) is 3.81. The smallest absolute Gasteiger partial charge is 0.254 e. The number of phenols is 1. The molecule has 0 unspecified atom stereocenters. The first-order valence-electron chi connectivity index (χ1n) is 13.3. The Morgan fingerprint density at radius 1 is 0.925 bits per heavy atom. The highest BCUT2D eigenvalue weighted by atomic mass is 16.3. The van der Waals surface area contributed by atoms with E-state index in [2.05, 4.69) is 5.32 Å². The van der Waals surface area contributed by atoms with Gasteiger partial charge in [-0.25, -0.2) is 0 Å². The molecule has 3 aromatic carbocycles. The number of anilines is 1. The van der Waals surface area contributed by atoms with Crippen LogP contribution in [-0.2, 0) is 16.0 Å². The molecule has 2 aliphatic rings. The zero-order valence-electron chi connectivity index (χ0n) is 22.5. The first-order chi connectivity index (χ1) is 19.2. The van der Waals surface area contributed by atoms with Crippen molar-refractivity contribution >= 4 is 29.2 Å². The Labute approximate surface area is 233 Å². The summed E-state index contributed by atoms with van der Waals surface area (Å²) >= 11 is 0. The molecular formula is C31H32N4O5. The lowest BCUT2D eigenvalue weighted by Crippen LogP contribution is -2.53. The number of phenolic OH excluding ortho intramolecular Hbond substituents is 1. The van der Waals surface area contributed by atoms with Gasteiger partial charge in [0.2, 0.25) is 5.91 Å². The molecule has 2 fully saturated rings. The molecule has 0 aromatic heterocycles. The molecule has 3 amide bonds. The molecule has 3 atom stereocenters. The number of likely N-dealkylation sites (tertiary alicyclic amines) is 2. The van der Waals surface area contributed by atoms with Gasteiger partial charge >= 0.3 is 0 Å². The molecule has 2 aliphatic heterocycles. The zero-order chi connectivity index (χ0) is 28.4. The van der Waals surface area contributed by atoms with E-state index in [0.29, 0.717) is 24.1 Å². The van der Waals surface area contributed by atoms with E-state index < -0.39 is 24.0 Å². The Morgan fingerprint density at radius 2 is 1.60 bits per heavy atom. The molecule has 9 nitrogen and oxygen atoms in total. The summed E-state index contributed by atoms with van der Waals surface area (Å²) < 4.78 is 0. The van der Waals surface area contributed by atoms with Gasteiger partial charge in [-0.3, -0.25) is 19.2 Å². The van der Waals surface area contributed by atoms with Gasteiger partial charge in [0.1, 0.15) is 17.8 Å². The van der Waals surface area contributed by atoms with Gasteiger partial charge in [0.25, 0.3) is 11.8 Å². The number of Topliss-reactive ketones (excluding diaryl/α,β-unsaturated/α-hetero) is 1. The molecule has 206 valence electrons. The standard InChI is InChI=1S/C31H32N4O5/c1-33(2)23-12-10-21(11-13-23)29(38)32-25(18-20-8-14-24(36)15-9-20)31(40)34-17-16-26-28(34)27(37)19-35(26)30(39)22-6-4-3-5-7-22/h3-15,25-26,28,36H,16-19H2,1-2H3,(H,32,38)/t25-,26+,28-/m0/s1.